The highest BCUT2D eigenvalue weighted by Crippen LogP contribution is 2.29. The van der Waals surface area contributed by atoms with Gasteiger partial charge in [-0.15, -0.1) is 0 Å². The zero-order valence-electron chi connectivity index (χ0n) is 19.0. The summed E-state index contributed by atoms with van der Waals surface area (Å²) in [4.78, 5) is 31.1. The second kappa shape index (κ2) is 9.80. The van der Waals surface area contributed by atoms with E-state index in [4.69, 9.17) is 4.98 Å². The zero-order valence-corrected chi connectivity index (χ0v) is 19.8. The van der Waals surface area contributed by atoms with Crippen LogP contribution in [0.1, 0.15) is 57.4 Å². The molecule has 6 nitrogen and oxygen atoms in total. The first kappa shape index (κ1) is 23.1. The van der Waals surface area contributed by atoms with Gasteiger partial charge < -0.3 is 5.32 Å². The summed E-state index contributed by atoms with van der Waals surface area (Å²) in [6.45, 7) is 4.17. The highest BCUT2D eigenvalue weighted by molar-refractivity contribution is 7.99. The highest BCUT2D eigenvalue weighted by atomic mass is 32.2. The van der Waals surface area contributed by atoms with E-state index < -0.39 is 5.54 Å². The van der Waals surface area contributed by atoms with E-state index in [1.807, 2.05) is 42.5 Å². The Kier molecular flexibility index (Phi) is 6.85. The van der Waals surface area contributed by atoms with Crippen LogP contribution in [0.4, 0.5) is 0 Å². The van der Waals surface area contributed by atoms with E-state index in [1.165, 1.54) is 11.8 Å². The standard InChI is InChI=1S/C26H28N4O2S/c1-18(2)19-10-5-7-13-22(19)30-24(32)20-11-4-6-12-21(20)28-25(30)33-16-23(31)29-26(17-27)14-8-3-9-15-26/h4-7,10-13,18H,3,8-9,14-16H2,1-2H3,(H,29,31). The van der Waals surface area contributed by atoms with Crippen LogP contribution in [0.3, 0.4) is 0 Å². The fourth-order valence-electron chi connectivity index (χ4n) is 4.45. The number of para-hydroxylation sites is 2. The third-order valence-electron chi connectivity index (χ3n) is 6.18. The van der Waals surface area contributed by atoms with Gasteiger partial charge in [0.1, 0.15) is 5.54 Å². The van der Waals surface area contributed by atoms with Crippen molar-refractivity contribution in [2.45, 2.75) is 62.6 Å². The maximum atomic E-state index is 13.5. The van der Waals surface area contributed by atoms with Crippen molar-refractivity contribution in [3.8, 4) is 11.8 Å². The van der Waals surface area contributed by atoms with Crippen molar-refractivity contribution in [3.05, 3.63) is 64.4 Å². The summed E-state index contributed by atoms with van der Waals surface area (Å²) in [6, 6.07) is 17.4. The number of benzene rings is 2. The first-order chi connectivity index (χ1) is 15.9. The Labute approximate surface area is 198 Å². The SMILES string of the molecule is CC(C)c1ccccc1-n1c(SCC(=O)NC2(C#N)CCCCC2)nc2ccccc2c1=O. The van der Waals surface area contributed by atoms with Gasteiger partial charge in [-0.2, -0.15) is 5.26 Å². The molecule has 4 rings (SSSR count). The molecular weight excluding hydrogens is 432 g/mol. The number of rotatable bonds is 6. The van der Waals surface area contributed by atoms with Crippen molar-refractivity contribution in [2.75, 3.05) is 5.75 Å². The Morgan fingerprint density at radius 1 is 1.15 bits per heavy atom. The van der Waals surface area contributed by atoms with Gasteiger partial charge in [-0.05, 0) is 42.5 Å². The van der Waals surface area contributed by atoms with Crippen molar-refractivity contribution in [1.29, 1.82) is 5.26 Å². The molecule has 1 N–H and O–H groups in total. The highest BCUT2D eigenvalue weighted by Gasteiger charge is 2.33. The number of nitrogens with zero attached hydrogens (tertiary/aromatic N) is 3. The molecule has 0 atom stereocenters. The Bertz CT molecular complexity index is 1270. The largest absolute Gasteiger partial charge is 0.337 e. The second-order valence-electron chi connectivity index (χ2n) is 8.86. The van der Waals surface area contributed by atoms with Crippen molar-refractivity contribution in [3.63, 3.8) is 0 Å². The Hall–Kier alpha value is -3.11. The molecule has 3 aromatic rings. The molecule has 1 amide bonds. The molecule has 0 bridgehead atoms. The summed E-state index contributed by atoms with van der Waals surface area (Å²) in [5.74, 6) is 0.0787. The van der Waals surface area contributed by atoms with Crippen molar-refractivity contribution >= 4 is 28.6 Å². The van der Waals surface area contributed by atoms with E-state index in [0.29, 0.717) is 28.9 Å². The van der Waals surface area contributed by atoms with Crippen LogP contribution in [0.15, 0.2) is 58.5 Å². The van der Waals surface area contributed by atoms with Crippen LogP contribution in [0.5, 0.6) is 0 Å². The Morgan fingerprint density at radius 3 is 2.58 bits per heavy atom. The number of amides is 1. The van der Waals surface area contributed by atoms with E-state index in [2.05, 4.69) is 25.2 Å². The summed E-state index contributed by atoms with van der Waals surface area (Å²) >= 11 is 1.23. The smallest absolute Gasteiger partial charge is 0.266 e. The second-order valence-corrected chi connectivity index (χ2v) is 9.80. The molecule has 1 fully saturated rings. The number of hydrogen-bond donors (Lipinski definition) is 1. The number of carbonyl (C=O) groups is 1. The summed E-state index contributed by atoms with van der Waals surface area (Å²) < 4.78 is 1.62. The van der Waals surface area contributed by atoms with Crippen LogP contribution in [-0.2, 0) is 4.79 Å². The number of hydrogen-bond acceptors (Lipinski definition) is 5. The van der Waals surface area contributed by atoms with Crippen LogP contribution >= 0.6 is 11.8 Å². The third kappa shape index (κ3) is 4.81. The molecule has 0 aliphatic heterocycles. The average Bonchev–Trinajstić information content (AvgIpc) is 2.83. The summed E-state index contributed by atoms with van der Waals surface area (Å²) in [7, 11) is 0. The minimum Gasteiger partial charge on any atom is -0.337 e. The topological polar surface area (TPSA) is 87.8 Å². The molecule has 0 radical (unpaired) electrons. The molecule has 1 aliphatic rings. The van der Waals surface area contributed by atoms with Crippen LogP contribution in [0.25, 0.3) is 16.6 Å². The number of thioether (sulfide) groups is 1. The fraction of sp³-hybridized carbons (Fsp3) is 0.385. The summed E-state index contributed by atoms with van der Waals surface area (Å²) in [5, 5.41) is 13.6. The van der Waals surface area contributed by atoms with Crippen LogP contribution in [0.2, 0.25) is 0 Å². The van der Waals surface area contributed by atoms with Gasteiger partial charge in [-0.1, -0.05) is 75.2 Å². The van der Waals surface area contributed by atoms with E-state index >= 15 is 0 Å². The maximum absolute atomic E-state index is 13.5. The molecule has 1 aromatic heterocycles. The summed E-state index contributed by atoms with van der Waals surface area (Å²) in [6.07, 6.45) is 4.34. The molecule has 0 unspecified atom stereocenters. The summed E-state index contributed by atoms with van der Waals surface area (Å²) in [5.41, 5.74) is 1.48. The average molecular weight is 461 g/mol. The normalized spacial score (nSPS) is 15.3. The Balaban J connectivity index is 1.70. The molecule has 1 saturated carbocycles. The van der Waals surface area contributed by atoms with Gasteiger partial charge >= 0.3 is 0 Å². The van der Waals surface area contributed by atoms with Gasteiger partial charge in [0.25, 0.3) is 5.56 Å². The molecular formula is C26H28N4O2S. The van der Waals surface area contributed by atoms with Gasteiger partial charge in [0.05, 0.1) is 28.4 Å². The molecule has 7 heteroatoms. The number of nitrogens with one attached hydrogen (secondary N) is 1. The quantitative estimate of drug-likeness (QED) is 0.416. The molecule has 1 aliphatic carbocycles. The lowest BCUT2D eigenvalue weighted by Crippen LogP contribution is -2.49. The lowest BCUT2D eigenvalue weighted by Gasteiger charge is -2.31. The minimum atomic E-state index is -0.781. The van der Waals surface area contributed by atoms with E-state index in [0.717, 1.165) is 30.5 Å². The number of nitriles is 1. The maximum Gasteiger partial charge on any atom is 0.266 e. The van der Waals surface area contributed by atoms with Crippen molar-refractivity contribution < 1.29 is 4.79 Å². The van der Waals surface area contributed by atoms with Crippen molar-refractivity contribution in [2.24, 2.45) is 0 Å². The lowest BCUT2D eigenvalue weighted by molar-refractivity contribution is -0.120. The van der Waals surface area contributed by atoms with Crippen LogP contribution in [-0.4, -0.2) is 26.8 Å². The molecule has 1 heterocycles. The predicted molar refractivity (Wildman–Crippen MR) is 132 cm³/mol. The van der Waals surface area contributed by atoms with Gasteiger partial charge in [0.2, 0.25) is 5.91 Å². The molecule has 33 heavy (non-hydrogen) atoms. The number of carbonyl (C=O) groups excluding carboxylic acids is 1. The van der Waals surface area contributed by atoms with Gasteiger partial charge in [0, 0.05) is 0 Å². The lowest BCUT2D eigenvalue weighted by atomic mass is 9.83. The number of fused-ring (bicyclic) bond motifs is 1. The fourth-order valence-corrected chi connectivity index (χ4v) is 5.26. The zero-order chi connectivity index (χ0) is 23.4. The molecule has 0 saturated heterocycles. The van der Waals surface area contributed by atoms with E-state index in [-0.39, 0.29) is 23.1 Å². The van der Waals surface area contributed by atoms with Crippen molar-refractivity contribution in [1.82, 2.24) is 14.9 Å². The predicted octanol–water partition coefficient (Wildman–Crippen LogP) is 4.94. The molecule has 2 aromatic carbocycles. The van der Waals surface area contributed by atoms with E-state index in [1.54, 1.807) is 10.6 Å². The molecule has 170 valence electrons. The van der Waals surface area contributed by atoms with Gasteiger partial charge in [-0.25, -0.2) is 4.98 Å². The van der Waals surface area contributed by atoms with Gasteiger partial charge in [0.15, 0.2) is 5.16 Å². The van der Waals surface area contributed by atoms with Crippen LogP contribution < -0.4 is 10.9 Å². The van der Waals surface area contributed by atoms with Gasteiger partial charge in [-0.3, -0.25) is 14.2 Å². The van der Waals surface area contributed by atoms with E-state index in [9.17, 15) is 14.9 Å². The minimum absolute atomic E-state index is 0.0814. The molecule has 0 spiro atoms. The Morgan fingerprint density at radius 2 is 1.85 bits per heavy atom. The monoisotopic (exact) mass is 460 g/mol. The van der Waals surface area contributed by atoms with Crippen LogP contribution in [0, 0.1) is 11.3 Å². The first-order valence-corrected chi connectivity index (χ1v) is 12.4. The first-order valence-electron chi connectivity index (χ1n) is 11.4. The third-order valence-corrected chi connectivity index (χ3v) is 7.12. The number of aromatic nitrogens is 2.